The number of carbonyl (C=O) groups excluding carboxylic acids is 2. The van der Waals surface area contributed by atoms with Crippen molar-refractivity contribution in [3.63, 3.8) is 0 Å². The highest BCUT2D eigenvalue weighted by molar-refractivity contribution is 9.11. The molecule has 0 aliphatic carbocycles. The molecule has 0 bridgehead atoms. The molecular weight excluding hydrogens is 390 g/mol. The van der Waals surface area contributed by atoms with Crippen LogP contribution in [-0.2, 0) is 4.79 Å². The van der Waals surface area contributed by atoms with Crippen LogP contribution in [0.1, 0.15) is 37.0 Å². The summed E-state index contributed by atoms with van der Waals surface area (Å²) in [5.74, 6) is 0.354. The standard InChI is InChI=1S/C14H17Br2NO3/c1-3-10(4-2)17-13(19)8-20-14-11(15)5-9(7-18)6-12(14)16/h5-7,10H,3-4,8H2,1-2H3,(H,17,19). The summed E-state index contributed by atoms with van der Waals surface area (Å²) in [5, 5.41) is 2.90. The lowest BCUT2D eigenvalue weighted by Gasteiger charge is -2.16. The van der Waals surface area contributed by atoms with Crippen molar-refractivity contribution >= 4 is 44.1 Å². The second-order valence-corrected chi connectivity index (χ2v) is 6.01. The van der Waals surface area contributed by atoms with E-state index in [1.165, 1.54) is 0 Å². The molecule has 0 spiro atoms. The Morgan fingerprint density at radius 2 is 1.85 bits per heavy atom. The smallest absolute Gasteiger partial charge is 0.258 e. The largest absolute Gasteiger partial charge is 0.481 e. The van der Waals surface area contributed by atoms with E-state index in [1.807, 2.05) is 13.8 Å². The molecule has 0 atom stereocenters. The van der Waals surface area contributed by atoms with Crippen LogP contribution in [0.25, 0.3) is 0 Å². The highest BCUT2D eigenvalue weighted by Crippen LogP contribution is 2.34. The average molecular weight is 407 g/mol. The number of hydrogen-bond acceptors (Lipinski definition) is 3. The fourth-order valence-corrected chi connectivity index (χ4v) is 3.14. The van der Waals surface area contributed by atoms with Crippen molar-refractivity contribution < 1.29 is 14.3 Å². The van der Waals surface area contributed by atoms with E-state index in [2.05, 4.69) is 37.2 Å². The van der Waals surface area contributed by atoms with Gasteiger partial charge in [0.25, 0.3) is 5.91 Å². The lowest BCUT2D eigenvalue weighted by atomic mass is 10.2. The van der Waals surface area contributed by atoms with Gasteiger partial charge in [0.05, 0.1) is 8.95 Å². The van der Waals surface area contributed by atoms with Crippen LogP contribution >= 0.6 is 31.9 Å². The van der Waals surface area contributed by atoms with E-state index in [4.69, 9.17) is 4.74 Å². The molecule has 110 valence electrons. The SMILES string of the molecule is CCC(CC)NC(=O)COc1c(Br)cc(C=O)cc1Br. The number of amides is 1. The Morgan fingerprint density at radius 1 is 1.30 bits per heavy atom. The quantitative estimate of drug-likeness (QED) is 0.702. The third-order valence-electron chi connectivity index (χ3n) is 2.86. The number of carbonyl (C=O) groups is 2. The number of nitrogens with one attached hydrogen (secondary N) is 1. The maximum Gasteiger partial charge on any atom is 0.258 e. The molecule has 0 saturated heterocycles. The summed E-state index contributed by atoms with van der Waals surface area (Å²) in [7, 11) is 0. The van der Waals surface area contributed by atoms with Gasteiger partial charge in [0.1, 0.15) is 12.0 Å². The predicted molar refractivity (Wildman–Crippen MR) is 85.2 cm³/mol. The minimum absolute atomic E-state index is 0.0614. The van der Waals surface area contributed by atoms with E-state index < -0.39 is 0 Å². The topological polar surface area (TPSA) is 55.4 Å². The van der Waals surface area contributed by atoms with E-state index in [1.54, 1.807) is 12.1 Å². The summed E-state index contributed by atoms with van der Waals surface area (Å²) in [6, 6.07) is 3.47. The van der Waals surface area contributed by atoms with Crippen LogP contribution < -0.4 is 10.1 Å². The highest BCUT2D eigenvalue weighted by Gasteiger charge is 2.13. The first-order valence-corrected chi connectivity index (χ1v) is 7.96. The Bertz CT molecular complexity index is 464. The van der Waals surface area contributed by atoms with Gasteiger partial charge in [-0.2, -0.15) is 0 Å². The normalized spacial score (nSPS) is 10.4. The van der Waals surface area contributed by atoms with Gasteiger partial charge in [0, 0.05) is 11.6 Å². The average Bonchev–Trinajstić information content (AvgIpc) is 2.43. The maximum absolute atomic E-state index is 11.8. The van der Waals surface area contributed by atoms with Crippen LogP contribution in [0.15, 0.2) is 21.1 Å². The molecule has 6 heteroatoms. The second-order valence-electron chi connectivity index (χ2n) is 4.30. The molecule has 0 radical (unpaired) electrons. The van der Waals surface area contributed by atoms with Gasteiger partial charge in [0.2, 0.25) is 0 Å². The van der Waals surface area contributed by atoms with E-state index >= 15 is 0 Å². The summed E-state index contributed by atoms with van der Waals surface area (Å²) in [5.41, 5.74) is 0.526. The minimum atomic E-state index is -0.156. The molecule has 1 rings (SSSR count). The van der Waals surface area contributed by atoms with Crippen LogP contribution in [0, 0.1) is 0 Å². The number of rotatable bonds is 7. The van der Waals surface area contributed by atoms with E-state index in [9.17, 15) is 9.59 Å². The van der Waals surface area contributed by atoms with Crippen molar-refractivity contribution in [3.8, 4) is 5.75 Å². The van der Waals surface area contributed by atoms with Crippen molar-refractivity contribution in [2.24, 2.45) is 0 Å². The molecular formula is C14H17Br2NO3. The molecule has 0 aliphatic rings. The Kier molecular flexibility index (Phi) is 7.23. The minimum Gasteiger partial charge on any atom is -0.481 e. The first-order valence-electron chi connectivity index (χ1n) is 6.38. The zero-order valence-electron chi connectivity index (χ0n) is 11.4. The third-order valence-corrected chi connectivity index (χ3v) is 4.03. The summed E-state index contributed by atoms with van der Waals surface area (Å²) in [6.07, 6.45) is 2.53. The molecule has 0 fully saturated rings. The van der Waals surface area contributed by atoms with Crippen molar-refractivity contribution in [1.29, 1.82) is 0 Å². The first-order chi connectivity index (χ1) is 9.51. The number of hydrogen-bond donors (Lipinski definition) is 1. The Labute approximate surface area is 135 Å². The Morgan fingerprint density at radius 3 is 2.30 bits per heavy atom. The van der Waals surface area contributed by atoms with Gasteiger partial charge in [0.15, 0.2) is 6.61 Å². The van der Waals surface area contributed by atoms with Crippen molar-refractivity contribution in [2.75, 3.05) is 6.61 Å². The van der Waals surface area contributed by atoms with Crippen molar-refractivity contribution in [3.05, 3.63) is 26.6 Å². The molecule has 0 aliphatic heterocycles. The third kappa shape index (κ3) is 4.90. The highest BCUT2D eigenvalue weighted by atomic mass is 79.9. The maximum atomic E-state index is 11.8. The molecule has 1 amide bonds. The van der Waals surface area contributed by atoms with Crippen LogP contribution in [-0.4, -0.2) is 24.8 Å². The summed E-state index contributed by atoms with van der Waals surface area (Å²) in [6.45, 7) is 4.00. The predicted octanol–water partition coefficient (Wildman–Crippen LogP) is 3.71. The molecule has 1 aromatic carbocycles. The number of benzene rings is 1. The molecule has 0 saturated carbocycles. The van der Waals surface area contributed by atoms with Gasteiger partial charge in [-0.25, -0.2) is 0 Å². The monoisotopic (exact) mass is 405 g/mol. The second kappa shape index (κ2) is 8.42. The van der Waals surface area contributed by atoms with Crippen LogP contribution in [0.3, 0.4) is 0 Å². The Hall–Kier alpha value is -0.880. The number of aldehydes is 1. The Balaban J connectivity index is 2.66. The van der Waals surface area contributed by atoms with Crippen molar-refractivity contribution in [1.82, 2.24) is 5.32 Å². The van der Waals surface area contributed by atoms with E-state index in [-0.39, 0.29) is 18.6 Å². The number of halogens is 2. The van der Waals surface area contributed by atoms with Gasteiger partial charge in [-0.1, -0.05) is 13.8 Å². The summed E-state index contributed by atoms with van der Waals surface area (Å²) >= 11 is 6.64. The van der Waals surface area contributed by atoms with Crippen LogP contribution in [0.5, 0.6) is 5.75 Å². The van der Waals surface area contributed by atoms with Crippen LogP contribution in [0.4, 0.5) is 0 Å². The lowest BCUT2D eigenvalue weighted by Crippen LogP contribution is -2.37. The fourth-order valence-electron chi connectivity index (χ4n) is 1.69. The summed E-state index contributed by atoms with van der Waals surface area (Å²) in [4.78, 5) is 22.5. The zero-order valence-corrected chi connectivity index (χ0v) is 14.6. The zero-order chi connectivity index (χ0) is 15.1. The molecule has 1 N–H and O–H groups in total. The molecule has 0 heterocycles. The lowest BCUT2D eigenvalue weighted by molar-refractivity contribution is -0.123. The van der Waals surface area contributed by atoms with Gasteiger partial charge in [-0.3, -0.25) is 9.59 Å². The van der Waals surface area contributed by atoms with Gasteiger partial charge in [-0.05, 0) is 56.8 Å². The van der Waals surface area contributed by atoms with Crippen molar-refractivity contribution in [2.45, 2.75) is 32.7 Å². The molecule has 0 aromatic heterocycles. The molecule has 0 unspecified atom stereocenters. The van der Waals surface area contributed by atoms with E-state index in [0.717, 1.165) is 19.1 Å². The van der Waals surface area contributed by atoms with E-state index in [0.29, 0.717) is 20.3 Å². The van der Waals surface area contributed by atoms with Gasteiger partial charge in [-0.15, -0.1) is 0 Å². The van der Waals surface area contributed by atoms with Crippen LogP contribution in [0.2, 0.25) is 0 Å². The molecule has 4 nitrogen and oxygen atoms in total. The first kappa shape index (κ1) is 17.2. The summed E-state index contributed by atoms with van der Waals surface area (Å²) < 4.78 is 6.75. The fraction of sp³-hybridized carbons (Fsp3) is 0.429. The molecule has 20 heavy (non-hydrogen) atoms. The number of ether oxygens (including phenoxy) is 1. The van der Waals surface area contributed by atoms with Gasteiger partial charge >= 0.3 is 0 Å². The van der Waals surface area contributed by atoms with Gasteiger partial charge < -0.3 is 10.1 Å². The molecule has 1 aromatic rings.